The molecule has 0 fully saturated rings. The van der Waals surface area contributed by atoms with Gasteiger partial charge in [0.05, 0.1) is 12.2 Å². The van der Waals surface area contributed by atoms with Crippen LogP contribution in [0.15, 0.2) is 36.4 Å². The van der Waals surface area contributed by atoms with Crippen molar-refractivity contribution in [2.75, 3.05) is 11.9 Å². The highest BCUT2D eigenvalue weighted by atomic mass is 32.1. The lowest BCUT2D eigenvalue weighted by Crippen LogP contribution is -2.36. The highest BCUT2D eigenvalue weighted by Gasteiger charge is 2.19. The van der Waals surface area contributed by atoms with Gasteiger partial charge in [0.2, 0.25) is 0 Å². The molecule has 2 aromatic rings. The summed E-state index contributed by atoms with van der Waals surface area (Å²) in [7, 11) is 0. The first-order chi connectivity index (χ1) is 13.9. The largest absolute Gasteiger partial charge is 0.462 e. The normalized spacial score (nSPS) is 11.9. The number of ether oxygens (including phenoxy) is 1. The lowest BCUT2D eigenvalue weighted by atomic mass is 10.0. The Morgan fingerprint density at radius 1 is 1.17 bits per heavy atom. The molecule has 158 valence electrons. The first kappa shape index (κ1) is 23.4. The van der Waals surface area contributed by atoms with Crippen LogP contribution in [0.5, 0.6) is 0 Å². The van der Waals surface area contributed by atoms with Gasteiger partial charge >= 0.3 is 5.97 Å². The van der Waals surface area contributed by atoms with Crippen molar-refractivity contribution in [2.24, 2.45) is 5.92 Å². The summed E-state index contributed by atoms with van der Waals surface area (Å²) in [5.41, 5.74) is 1.74. The van der Waals surface area contributed by atoms with E-state index in [1.165, 1.54) is 18.4 Å². The Morgan fingerprint density at radius 3 is 2.55 bits per heavy atom. The second kappa shape index (κ2) is 11.9. The highest BCUT2D eigenvalue weighted by molar-refractivity contribution is 7.80. The van der Waals surface area contributed by atoms with Crippen molar-refractivity contribution in [3.8, 4) is 0 Å². The molecule has 4 nitrogen and oxygen atoms in total. The third-order valence-corrected chi connectivity index (χ3v) is 5.79. The predicted molar refractivity (Wildman–Crippen MR) is 127 cm³/mol. The van der Waals surface area contributed by atoms with Crippen molar-refractivity contribution < 1.29 is 9.53 Å². The zero-order valence-electron chi connectivity index (χ0n) is 17.8. The molecule has 0 aliphatic rings. The topological polar surface area (TPSA) is 50.4 Å². The maximum atomic E-state index is 12.4. The molecule has 29 heavy (non-hydrogen) atoms. The molecule has 0 saturated heterocycles. The van der Waals surface area contributed by atoms with Crippen LogP contribution in [0.4, 0.5) is 5.00 Å². The molecule has 2 N–H and O–H groups in total. The fourth-order valence-corrected chi connectivity index (χ4v) is 4.50. The number of anilines is 1. The zero-order chi connectivity index (χ0) is 21.2. The Labute approximate surface area is 184 Å². The van der Waals surface area contributed by atoms with Crippen LogP contribution in [0.3, 0.4) is 0 Å². The lowest BCUT2D eigenvalue weighted by molar-refractivity contribution is 0.0528. The molecule has 1 atom stereocenters. The molecule has 0 saturated carbocycles. The SMILES string of the molecule is CCOC(=O)c1cc(Cc2ccccc2)sc1NC(=S)NC(C)CCCC(C)C. The second-order valence-electron chi connectivity index (χ2n) is 7.66. The van der Waals surface area contributed by atoms with E-state index >= 15 is 0 Å². The molecule has 1 heterocycles. The lowest BCUT2D eigenvalue weighted by Gasteiger charge is -2.17. The van der Waals surface area contributed by atoms with Crippen LogP contribution in [0.2, 0.25) is 0 Å². The van der Waals surface area contributed by atoms with Gasteiger partial charge in [0.1, 0.15) is 5.00 Å². The summed E-state index contributed by atoms with van der Waals surface area (Å²) in [4.78, 5) is 13.5. The molecule has 1 unspecified atom stereocenters. The summed E-state index contributed by atoms with van der Waals surface area (Å²) >= 11 is 7.04. The van der Waals surface area contributed by atoms with Crippen LogP contribution < -0.4 is 10.6 Å². The van der Waals surface area contributed by atoms with E-state index in [0.29, 0.717) is 23.2 Å². The van der Waals surface area contributed by atoms with E-state index in [1.807, 2.05) is 31.2 Å². The Kier molecular flexibility index (Phi) is 9.61. The molecule has 1 aromatic heterocycles. The van der Waals surface area contributed by atoms with E-state index in [2.05, 4.69) is 43.5 Å². The monoisotopic (exact) mass is 432 g/mol. The molecule has 1 aromatic carbocycles. The van der Waals surface area contributed by atoms with Crippen molar-refractivity contribution in [2.45, 2.75) is 59.4 Å². The number of nitrogens with one attached hydrogen (secondary N) is 2. The number of carbonyl (C=O) groups excluding carboxylic acids is 1. The average Bonchev–Trinajstić information content (AvgIpc) is 3.04. The predicted octanol–water partition coefficient (Wildman–Crippen LogP) is 6.02. The standard InChI is InChI=1S/C23H32N2O2S2/c1-5-27-22(26)20-15-19(14-18-12-7-6-8-13-18)29-21(20)25-23(28)24-17(4)11-9-10-16(2)3/h6-8,12-13,15-17H,5,9-11,14H2,1-4H3,(H2,24,25,28). The minimum Gasteiger partial charge on any atom is -0.462 e. The number of carbonyl (C=O) groups is 1. The highest BCUT2D eigenvalue weighted by Crippen LogP contribution is 2.30. The van der Waals surface area contributed by atoms with E-state index in [1.54, 1.807) is 11.3 Å². The van der Waals surface area contributed by atoms with Crippen molar-refractivity contribution in [1.82, 2.24) is 5.32 Å². The number of hydrogen-bond donors (Lipinski definition) is 2. The van der Waals surface area contributed by atoms with Gasteiger partial charge in [-0.25, -0.2) is 4.79 Å². The minimum atomic E-state index is -0.321. The Morgan fingerprint density at radius 2 is 1.90 bits per heavy atom. The summed E-state index contributed by atoms with van der Waals surface area (Å²) in [6, 6.07) is 12.4. The van der Waals surface area contributed by atoms with Gasteiger partial charge in [-0.1, -0.05) is 57.0 Å². The molecule has 0 amide bonds. The van der Waals surface area contributed by atoms with Crippen LogP contribution in [0.25, 0.3) is 0 Å². The molecular weight excluding hydrogens is 400 g/mol. The van der Waals surface area contributed by atoms with Crippen molar-refractivity contribution in [3.63, 3.8) is 0 Å². The fraction of sp³-hybridized carbons (Fsp3) is 0.478. The van der Waals surface area contributed by atoms with Gasteiger partial charge in [-0.3, -0.25) is 0 Å². The Bertz CT molecular complexity index is 787. The fourth-order valence-electron chi connectivity index (χ4n) is 3.05. The zero-order valence-corrected chi connectivity index (χ0v) is 19.4. The van der Waals surface area contributed by atoms with E-state index in [-0.39, 0.29) is 12.0 Å². The third kappa shape index (κ3) is 8.15. The van der Waals surface area contributed by atoms with Crippen molar-refractivity contribution in [3.05, 3.63) is 52.4 Å². The van der Waals surface area contributed by atoms with Crippen molar-refractivity contribution >= 4 is 39.6 Å². The van der Waals surface area contributed by atoms with Gasteiger partial charge < -0.3 is 15.4 Å². The number of thiophene rings is 1. The Balaban J connectivity index is 2.04. The molecule has 2 rings (SSSR count). The molecule has 0 aliphatic carbocycles. The summed E-state index contributed by atoms with van der Waals surface area (Å²) in [5, 5.41) is 7.84. The molecule has 0 aliphatic heterocycles. The molecule has 0 bridgehead atoms. The first-order valence-electron chi connectivity index (χ1n) is 10.3. The summed E-state index contributed by atoms with van der Waals surface area (Å²) < 4.78 is 5.23. The van der Waals surface area contributed by atoms with Gasteiger partial charge in [0.15, 0.2) is 5.11 Å². The van der Waals surface area contributed by atoms with Crippen LogP contribution in [-0.2, 0) is 11.2 Å². The average molecular weight is 433 g/mol. The number of benzene rings is 1. The van der Waals surface area contributed by atoms with E-state index in [0.717, 1.165) is 22.7 Å². The van der Waals surface area contributed by atoms with Crippen LogP contribution in [0.1, 0.15) is 67.8 Å². The summed E-state index contributed by atoms with van der Waals surface area (Å²) in [5.74, 6) is 0.395. The summed E-state index contributed by atoms with van der Waals surface area (Å²) in [6.45, 7) is 8.77. The molecule has 0 spiro atoms. The van der Waals surface area contributed by atoms with E-state index < -0.39 is 0 Å². The maximum Gasteiger partial charge on any atom is 0.341 e. The quantitative estimate of drug-likeness (QED) is 0.355. The van der Waals surface area contributed by atoms with E-state index in [9.17, 15) is 4.79 Å². The number of rotatable bonds is 10. The maximum absolute atomic E-state index is 12.4. The molecular formula is C23H32N2O2S2. The second-order valence-corrected chi connectivity index (χ2v) is 9.21. The first-order valence-corrected chi connectivity index (χ1v) is 11.5. The number of hydrogen-bond acceptors (Lipinski definition) is 4. The van der Waals surface area contributed by atoms with Gasteiger partial charge in [-0.2, -0.15) is 0 Å². The minimum absolute atomic E-state index is 0.281. The van der Waals surface area contributed by atoms with E-state index in [4.69, 9.17) is 17.0 Å². The third-order valence-electron chi connectivity index (χ3n) is 4.52. The Hall–Kier alpha value is -1.92. The van der Waals surface area contributed by atoms with Gasteiger partial charge in [0.25, 0.3) is 0 Å². The van der Waals surface area contributed by atoms with Crippen LogP contribution in [0, 0.1) is 5.92 Å². The van der Waals surface area contributed by atoms with Crippen molar-refractivity contribution in [1.29, 1.82) is 0 Å². The van der Waals surface area contributed by atoms with Crippen LogP contribution in [-0.4, -0.2) is 23.7 Å². The number of esters is 1. The molecule has 0 radical (unpaired) electrons. The van der Waals surface area contributed by atoms with Crippen LogP contribution >= 0.6 is 23.6 Å². The smallest absolute Gasteiger partial charge is 0.341 e. The van der Waals surface area contributed by atoms with Gasteiger partial charge in [-0.15, -0.1) is 11.3 Å². The molecule has 6 heteroatoms. The van der Waals surface area contributed by atoms with Gasteiger partial charge in [-0.05, 0) is 50.0 Å². The summed E-state index contributed by atoms with van der Waals surface area (Å²) in [6.07, 6.45) is 4.22. The number of thiocarbonyl (C=S) groups is 1. The van der Waals surface area contributed by atoms with Gasteiger partial charge in [0, 0.05) is 17.3 Å².